The van der Waals surface area contributed by atoms with Gasteiger partial charge in [-0.25, -0.2) is 26.2 Å². The van der Waals surface area contributed by atoms with Crippen molar-refractivity contribution in [2.45, 2.75) is 95.8 Å². The van der Waals surface area contributed by atoms with E-state index in [-0.39, 0.29) is 80.0 Å². The van der Waals surface area contributed by atoms with Crippen molar-refractivity contribution in [1.82, 2.24) is 9.64 Å². The molecule has 3 heterocycles. The van der Waals surface area contributed by atoms with Gasteiger partial charge in [-0.15, -0.1) is 5.06 Å². The number of allylic oxidation sites excluding steroid dienone is 3. The van der Waals surface area contributed by atoms with Crippen LogP contribution in [0.3, 0.4) is 0 Å². The zero-order valence-corrected chi connectivity index (χ0v) is 37.1. The molecule has 3 aliphatic heterocycles. The van der Waals surface area contributed by atoms with Gasteiger partial charge >= 0.3 is 35.5 Å². The maximum absolute atomic E-state index is 12.8. The summed E-state index contributed by atoms with van der Waals surface area (Å²) in [5.41, 5.74) is 2.24. The van der Waals surface area contributed by atoms with Crippen molar-refractivity contribution in [2.24, 2.45) is 0 Å². The number of imide groups is 1. The van der Waals surface area contributed by atoms with Crippen LogP contribution in [-0.2, 0) is 50.3 Å². The Morgan fingerprint density at radius 1 is 0.982 bits per heavy atom. The third-order valence-corrected chi connectivity index (χ3v) is 11.9. The Hall–Kier alpha value is -3.64. The molecular formula is C40H48N3NaO11S2. The molecule has 4 aliphatic rings. The fourth-order valence-electron chi connectivity index (χ4n) is 7.40. The summed E-state index contributed by atoms with van der Waals surface area (Å²) in [6.07, 6.45) is 5.27. The second-order valence-electron chi connectivity index (χ2n) is 15.2. The number of hydroxylamine groups is 2. The molecule has 0 aromatic heterocycles. The first-order valence-electron chi connectivity index (χ1n) is 18.6. The number of rotatable bonds is 14. The van der Waals surface area contributed by atoms with Crippen LogP contribution < -0.4 is 44.4 Å². The summed E-state index contributed by atoms with van der Waals surface area (Å²) >= 11 is 0. The monoisotopic (exact) mass is 833 g/mol. The van der Waals surface area contributed by atoms with Gasteiger partial charge in [-0.1, -0.05) is 26.8 Å². The van der Waals surface area contributed by atoms with Crippen molar-refractivity contribution in [3.8, 4) is 11.3 Å². The summed E-state index contributed by atoms with van der Waals surface area (Å²) in [7, 11) is -9.44. The molecule has 1 aliphatic carbocycles. The molecule has 302 valence electrons. The number of anilines is 1. The van der Waals surface area contributed by atoms with Crippen LogP contribution in [0.5, 0.6) is 0 Å². The number of amides is 2. The van der Waals surface area contributed by atoms with Crippen LogP contribution in [0.1, 0.15) is 97.0 Å². The Morgan fingerprint density at radius 3 is 2.25 bits per heavy atom. The van der Waals surface area contributed by atoms with Crippen LogP contribution in [0.2, 0.25) is 0 Å². The molecule has 57 heavy (non-hydrogen) atoms. The zero-order chi connectivity index (χ0) is 41.2. The van der Waals surface area contributed by atoms with E-state index in [9.17, 15) is 40.3 Å². The van der Waals surface area contributed by atoms with Gasteiger partial charge in [-0.2, -0.15) is 0 Å². The number of carbonyl (C=O) groups is 3. The van der Waals surface area contributed by atoms with Crippen molar-refractivity contribution < 1.29 is 79.1 Å². The number of nitrogens with zero attached hydrogens (tertiary/aromatic N) is 3. The molecule has 1 fully saturated rings. The van der Waals surface area contributed by atoms with E-state index in [1.165, 1.54) is 18.2 Å². The molecule has 14 nitrogen and oxygen atoms in total. The summed E-state index contributed by atoms with van der Waals surface area (Å²) in [4.78, 5) is 43.1. The quantitative estimate of drug-likeness (QED) is 0.0990. The van der Waals surface area contributed by atoms with Gasteiger partial charge in [0.25, 0.3) is 11.8 Å². The predicted molar refractivity (Wildman–Crippen MR) is 207 cm³/mol. The third kappa shape index (κ3) is 10.7. The summed E-state index contributed by atoms with van der Waals surface area (Å²) in [5.74, 6) is -1.45. The maximum atomic E-state index is 12.8. The standard InChI is InChI=1S/C40H49N3O11S2.Na/c1-7-41(8-2)27-15-17-30-31(39(3,4)5)25-28(53-34(30)24-27)12-9-13-35-40(6,21-10-14-38(46)54-43-36(44)19-20-37(43)45)32-26-29(56(50,51)52)16-18-33(32)42(35)22-11-23-55(47,48)49;/h9,12-13,15-18,24-26H,7-8,10-11,14,19-23H2,1-6H3,(H-,47,48,49,50,51,52);/q;+1/p-1. The Bertz CT molecular complexity index is 2340. The third-order valence-electron chi connectivity index (χ3n) is 10.3. The molecule has 1 aromatic rings. The van der Waals surface area contributed by atoms with Crippen LogP contribution in [0.25, 0.3) is 17.4 Å². The van der Waals surface area contributed by atoms with E-state index >= 15 is 0 Å². The van der Waals surface area contributed by atoms with E-state index in [4.69, 9.17) is 9.25 Å². The van der Waals surface area contributed by atoms with Gasteiger partial charge in [0, 0.05) is 60.0 Å². The largest absolute Gasteiger partial charge is 1.00 e. The molecule has 5 rings (SSSR count). The van der Waals surface area contributed by atoms with Crippen molar-refractivity contribution in [3.63, 3.8) is 0 Å². The van der Waals surface area contributed by atoms with Crippen LogP contribution in [0.15, 0.2) is 69.6 Å². The number of hydrogen-bond donors (Lipinski definition) is 0. The fraction of sp³-hybridized carbons (Fsp3) is 0.450. The number of fused-ring (bicyclic) bond motifs is 2. The summed E-state index contributed by atoms with van der Waals surface area (Å²) in [6.45, 7) is 14.0. The first-order valence-corrected chi connectivity index (χ1v) is 21.6. The van der Waals surface area contributed by atoms with Gasteiger partial charge in [-0.3, -0.25) is 9.59 Å². The molecule has 1 aromatic carbocycles. The Balaban J connectivity index is 0.00000720. The first-order chi connectivity index (χ1) is 26.2. The van der Waals surface area contributed by atoms with Crippen LogP contribution >= 0.6 is 0 Å². The van der Waals surface area contributed by atoms with E-state index in [1.54, 1.807) is 23.1 Å². The molecule has 1 atom stereocenters. The molecule has 1 unspecified atom stereocenters. The minimum Gasteiger partial charge on any atom is -0.748 e. The zero-order valence-electron chi connectivity index (χ0n) is 33.5. The average molecular weight is 834 g/mol. The van der Waals surface area contributed by atoms with Gasteiger partial charge in [0.15, 0.2) is 0 Å². The van der Waals surface area contributed by atoms with E-state index in [2.05, 4.69) is 51.3 Å². The molecule has 0 spiro atoms. The Labute approximate surface area is 356 Å². The Morgan fingerprint density at radius 2 is 1.65 bits per heavy atom. The minimum absolute atomic E-state index is 0. The summed E-state index contributed by atoms with van der Waals surface area (Å²) in [6, 6.07) is 12.1. The molecule has 0 radical (unpaired) electrons. The van der Waals surface area contributed by atoms with Crippen molar-refractivity contribution in [3.05, 3.63) is 82.6 Å². The van der Waals surface area contributed by atoms with E-state index < -0.39 is 54.1 Å². The smallest absolute Gasteiger partial charge is 0.748 e. The van der Waals surface area contributed by atoms with Crippen LogP contribution in [0, 0.1) is 0 Å². The van der Waals surface area contributed by atoms with E-state index in [0.717, 1.165) is 29.6 Å². The predicted octanol–water partition coefficient (Wildman–Crippen LogP) is 1.79. The number of carbonyl (C=O) groups excluding carboxylic acids is 3. The van der Waals surface area contributed by atoms with Gasteiger partial charge < -0.3 is 23.3 Å². The Kier molecular flexibility index (Phi) is 14.6. The molecule has 17 heteroatoms. The molecule has 2 amide bonds. The van der Waals surface area contributed by atoms with Gasteiger partial charge in [-0.05, 0) is 99.1 Å². The number of hydrogen-bond acceptors (Lipinski definition) is 12. The molecule has 0 saturated carbocycles. The maximum Gasteiger partial charge on any atom is 1.00 e. The topological polar surface area (TPSA) is 197 Å². The molecule has 1 saturated heterocycles. The second-order valence-corrected chi connectivity index (χ2v) is 18.1. The second kappa shape index (κ2) is 18.1. The molecule has 0 N–H and O–H groups in total. The van der Waals surface area contributed by atoms with Gasteiger partial charge in [0.2, 0.25) is 5.36 Å². The normalized spacial score (nSPS) is 18.1. The summed E-state index contributed by atoms with van der Waals surface area (Å²) < 4.78 is 80.0. The SMILES string of the molecule is CC[N+](CC)=c1ccc2c(C(C)(C)C)cc(C=CC=C3N(CCCS(=O)(=O)[O-])c4ccc(S(=O)(=O)[O-])cc4C3(C)CCCC(=O)ON3C(=O)CCC3=O)oc-2c1.[Na+]. The van der Waals surface area contributed by atoms with Crippen molar-refractivity contribution >= 4 is 49.8 Å². The molecular weight excluding hydrogens is 786 g/mol. The van der Waals surface area contributed by atoms with E-state index in [1.807, 2.05) is 19.1 Å². The summed E-state index contributed by atoms with van der Waals surface area (Å²) in [5, 5.41) is 1.49. The van der Waals surface area contributed by atoms with Crippen LogP contribution in [0.4, 0.5) is 5.69 Å². The van der Waals surface area contributed by atoms with Crippen molar-refractivity contribution in [2.75, 3.05) is 30.3 Å². The van der Waals surface area contributed by atoms with Gasteiger partial charge in [0.05, 0.1) is 21.1 Å². The number of benzene rings is 2. The van der Waals surface area contributed by atoms with Crippen molar-refractivity contribution in [1.29, 1.82) is 0 Å². The molecule has 0 bridgehead atoms. The minimum atomic E-state index is -4.88. The average Bonchev–Trinajstić information content (AvgIpc) is 3.54. The van der Waals surface area contributed by atoms with Crippen LogP contribution in [-0.4, -0.2) is 74.2 Å². The van der Waals surface area contributed by atoms with Gasteiger partial charge in [0.1, 0.15) is 34.7 Å². The first kappa shape index (κ1) is 46.1. The fourth-order valence-corrected chi connectivity index (χ4v) is 8.38. The van der Waals surface area contributed by atoms with E-state index in [0.29, 0.717) is 33.5 Å².